The van der Waals surface area contributed by atoms with Crippen LogP contribution >= 0.6 is 0 Å². The largest absolute Gasteiger partial charge is 0.327 e. The Hall–Kier alpha value is -1.35. The van der Waals surface area contributed by atoms with Crippen molar-refractivity contribution in [1.29, 1.82) is 0 Å². The van der Waals surface area contributed by atoms with Crippen LogP contribution in [0.25, 0.3) is 0 Å². The molecule has 1 unspecified atom stereocenters. The molecular weight excluding hydrogens is 260 g/mol. The lowest BCUT2D eigenvalue weighted by Crippen LogP contribution is -2.41. The molecule has 1 atom stereocenters. The van der Waals surface area contributed by atoms with Crippen LogP contribution in [0.2, 0.25) is 0 Å². The molecule has 2 amide bonds. The summed E-state index contributed by atoms with van der Waals surface area (Å²) < 4.78 is 27.4. The van der Waals surface area contributed by atoms with Gasteiger partial charge in [0.15, 0.2) is 6.23 Å². The molecule has 0 aromatic carbocycles. The summed E-state index contributed by atoms with van der Waals surface area (Å²) in [7, 11) is -3.62. The average molecular weight is 276 g/mol. The Morgan fingerprint density at radius 1 is 1.56 bits per heavy atom. The SMILES string of the molecule is CCN1CC(OS(C)(=O)=O)N(C2=NNCC2)C1=O. The summed E-state index contributed by atoms with van der Waals surface area (Å²) in [6, 6.07) is -0.270. The Labute approximate surface area is 106 Å². The van der Waals surface area contributed by atoms with Crippen molar-refractivity contribution in [2.45, 2.75) is 19.6 Å². The highest BCUT2D eigenvalue weighted by molar-refractivity contribution is 7.86. The topological polar surface area (TPSA) is 91.3 Å². The van der Waals surface area contributed by atoms with E-state index in [1.165, 1.54) is 9.80 Å². The number of hydrazone groups is 1. The predicted molar refractivity (Wildman–Crippen MR) is 64.3 cm³/mol. The Morgan fingerprint density at radius 2 is 2.28 bits per heavy atom. The molecule has 18 heavy (non-hydrogen) atoms. The van der Waals surface area contributed by atoms with Gasteiger partial charge in [0, 0.05) is 19.5 Å². The van der Waals surface area contributed by atoms with Crippen molar-refractivity contribution in [2.24, 2.45) is 5.10 Å². The minimum atomic E-state index is -3.62. The first-order chi connectivity index (χ1) is 8.42. The van der Waals surface area contributed by atoms with E-state index in [1.807, 2.05) is 6.92 Å². The molecule has 0 aromatic rings. The highest BCUT2D eigenvalue weighted by Gasteiger charge is 2.42. The first kappa shape index (κ1) is 13.1. The van der Waals surface area contributed by atoms with Gasteiger partial charge in [-0.05, 0) is 6.92 Å². The van der Waals surface area contributed by atoms with Gasteiger partial charge in [-0.2, -0.15) is 13.5 Å². The zero-order chi connectivity index (χ0) is 13.3. The van der Waals surface area contributed by atoms with E-state index >= 15 is 0 Å². The van der Waals surface area contributed by atoms with Crippen LogP contribution in [0.1, 0.15) is 13.3 Å². The number of amidine groups is 1. The lowest BCUT2D eigenvalue weighted by Gasteiger charge is -2.21. The van der Waals surface area contributed by atoms with E-state index in [1.54, 1.807) is 0 Å². The fraction of sp³-hybridized carbons (Fsp3) is 0.778. The molecule has 2 heterocycles. The van der Waals surface area contributed by atoms with Crippen LogP contribution in [0.4, 0.5) is 4.79 Å². The maximum Gasteiger partial charge on any atom is 0.327 e. The van der Waals surface area contributed by atoms with Crippen molar-refractivity contribution in [3.63, 3.8) is 0 Å². The zero-order valence-electron chi connectivity index (χ0n) is 10.3. The van der Waals surface area contributed by atoms with E-state index in [-0.39, 0.29) is 12.6 Å². The van der Waals surface area contributed by atoms with E-state index < -0.39 is 16.3 Å². The van der Waals surface area contributed by atoms with Crippen LogP contribution in [-0.2, 0) is 14.3 Å². The standard InChI is InChI=1S/C9H16N4O4S/c1-3-12-6-8(17-18(2,15)16)13(9(12)14)7-4-5-10-11-7/h8,10H,3-6H2,1-2H3. The molecule has 0 bridgehead atoms. The summed E-state index contributed by atoms with van der Waals surface area (Å²) in [6.45, 7) is 3.19. The van der Waals surface area contributed by atoms with Crippen molar-refractivity contribution < 1.29 is 17.4 Å². The fourth-order valence-electron chi connectivity index (χ4n) is 1.99. The number of urea groups is 1. The van der Waals surface area contributed by atoms with Crippen LogP contribution in [-0.4, -0.2) is 62.2 Å². The summed E-state index contributed by atoms with van der Waals surface area (Å²) in [5.74, 6) is 0.518. The second kappa shape index (κ2) is 4.73. The summed E-state index contributed by atoms with van der Waals surface area (Å²) in [5, 5.41) is 3.99. The highest BCUT2D eigenvalue weighted by atomic mass is 32.2. The molecule has 0 saturated carbocycles. The summed E-state index contributed by atoms with van der Waals surface area (Å²) in [5.41, 5.74) is 2.76. The van der Waals surface area contributed by atoms with Gasteiger partial charge in [-0.25, -0.2) is 13.9 Å². The molecule has 1 saturated heterocycles. The van der Waals surface area contributed by atoms with Crippen molar-refractivity contribution in [1.82, 2.24) is 15.2 Å². The highest BCUT2D eigenvalue weighted by Crippen LogP contribution is 2.21. The van der Waals surface area contributed by atoms with Crippen LogP contribution in [0, 0.1) is 0 Å². The maximum absolute atomic E-state index is 12.1. The van der Waals surface area contributed by atoms with Crippen molar-refractivity contribution in [2.75, 3.05) is 25.9 Å². The third-order valence-corrected chi connectivity index (χ3v) is 3.33. The van der Waals surface area contributed by atoms with Crippen molar-refractivity contribution in [3.8, 4) is 0 Å². The molecule has 0 aliphatic carbocycles. The molecule has 1 N–H and O–H groups in total. The number of hydrogen-bond acceptors (Lipinski definition) is 6. The van der Waals surface area contributed by atoms with Gasteiger partial charge in [-0.3, -0.25) is 0 Å². The van der Waals surface area contributed by atoms with Crippen LogP contribution in [0.5, 0.6) is 0 Å². The second-order valence-electron chi connectivity index (χ2n) is 4.13. The predicted octanol–water partition coefficient (Wildman–Crippen LogP) is -0.647. The Balaban J connectivity index is 2.23. The van der Waals surface area contributed by atoms with Gasteiger partial charge < -0.3 is 10.3 Å². The normalized spacial score (nSPS) is 24.4. The molecule has 9 heteroatoms. The molecule has 2 aliphatic rings. The monoisotopic (exact) mass is 276 g/mol. The number of carbonyl (C=O) groups is 1. The van der Waals surface area contributed by atoms with Crippen molar-refractivity contribution in [3.05, 3.63) is 0 Å². The summed E-state index contributed by atoms with van der Waals surface area (Å²) >= 11 is 0. The van der Waals surface area contributed by atoms with E-state index in [9.17, 15) is 13.2 Å². The average Bonchev–Trinajstić information content (AvgIpc) is 2.84. The number of nitrogens with zero attached hydrogens (tertiary/aromatic N) is 3. The van der Waals surface area contributed by atoms with Gasteiger partial charge in [0.2, 0.25) is 0 Å². The fourth-order valence-corrected chi connectivity index (χ4v) is 2.54. The first-order valence-corrected chi connectivity index (χ1v) is 7.50. The van der Waals surface area contributed by atoms with Crippen LogP contribution in [0.3, 0.4) is 0 Å². The molecule has 0 aromatic heterocycles. The van der Waals surface area contributed by atoms with Gasteiger partial charge in [0.1, 0.15) is 5.84 Å². The molecule has 102 valence electrons. The smallest absolute Gasteiger partial charge is 0.320 e. The van der Waals surface area contributed by atoms with E-state index in [0.717, 1.165) is 6.26 Å². The third-order valence-electron chi connectivity index (χ3n) is 2.76. The maximum atomic E-state index is 12.1. The van der Waals surface area contributed by atoms with Gasteiger partial charge >= 0.3 is 6.03 Å². The third kappa shape index (κ3) is 2.56. The van der Waals surface area contributed by atoms with Gasteiger partial charge in [-0.15, -0.1) is 0 Å². The van der Waals surface area contributed by atoms with Crippen molar-refractivity contribution >= 4 is 22.0 Å². The molecule has 2 rings (SSSR count). The Morgan fingerprint density at radius 3 is 2.78 bits per heavy atom. The van der Waals surface area contributed by atoms with Gasteiger partial charge in [0.05, 0.1) is 12.8 Å². The molecule has 8 nitrogen and oxygen atoms in total. The number of nitrogens with one attached hydrogen (secondary N) is 1. The lowest BCUT2D eigenvalue weighted by molar-refractivity contribution is 0.135. The quantitative estimate of drug-likeness (QED) is 0.692. The Bertz CT molecular complexity index is 475. The van der Waals surface area contributed by atoms with Crippen LogP contribution in [0.15, 0.2) is 5.10 Å². The Kier molecular flexibility index (Phi) is 3.44. The molecular formula is C9H16N4O4S. The molecule has 2 aliphatic heterocycles. The summed E-state index contributed by atoms with van der Waals surface area (Å²) in [4.78, 5) is 14.9. The van der Waals surface area contributed by atoms with Gasteiger partial charge in [-0.1, -0.05) is 0 Å². The van der Waals surface area contributed by atoms with E-state index in [0.29, 0.717) is 25.3 Å². The molecule has 0 radical (unpaired) electrons. The molecule has 0 spiro atoms. The van der Waals surface area contributed by atoms with E-state index in [4.69, 9.17) is 4.18 Å². The minimum absolute atomic E-state index is 0.224. The number of amides is 2. The molecule has 1 fully saturated rings. The number of carbonyl (C=O) groups excluding carboxylic acids is 1. The number of hydrogen-bond donors (Lipinski definition) is 1. The number of likely N-dealkylation sites (N-methyl/N-ethyl adjacent to an activating group) is 1. The first-order valence-electron chi connectivity index (χ1n) is 5.68. The second-order valence-corrected chi connectivity index (χ2v) is 5.73. The van der Waals surface area contributed by atoms with Gasteiger partial charge in [0.25, 0.3) is 10.1 Å². The van der Waals surface area contributed by atoms with Crippen LogP contribution < -0.4 is 5.43 Å². The van der Waals surface area contributed by atoms with E-state index in [2.05, 4.69) is 10.5 Å². The zero-order valence-corrected chi connectivity index (χ0v) is 11.1. The summed E-state index contributed by atoms with van der Waals surface area (Å²) in [6.07, 6.45) is 0.720. The lowest BCUT2D eigenvalue weighted by atomic mass is 10.3. The number of rotatable bonds is 3. The minimum Gasteiger partial charge on any atom is -0.320 e.